The number of epoxide rings is 1. The minimum atomic E-state index is -0.432. The van der Waals surface area contributed by atoms with Gasteiger partial charge in [0, 0.05) is 11.8 Å². The van der Waals surface area contributed by atoms with E-state index in [9.17, 15) is 15.0 Å². The SMILES string of the molecule is C[C@H](C[C@@H](O)[C@H]1OC1(C)C)C1=C2C[C@H](O)[C@H]3[C@@]4(C)CCC(=O)C(C)(C)[C@@H]4CC[C@]3(C)[C@@]2(C)CC1. The average molecular weight is 473 g/mol. The first-order valence-electron chi connectivity index (χ1n) is 13.9. The van der Waals surface area contributed by atoms with Crippen LogP contribution in [-0.4, -0.2) is 39.9 Å². The fraction of sp³-hybridized carbons (Fsp3) is 0.900. The topological polar surface area (TPSA) is 70.1 Å². The molecule has 4 heteroatoms. The highest BCUT2D eigenvalue weighted by atomic mass is 16.6. The predicted molar refractivity (Wildman–Crippen MR) is 134 cm³/mol. The largest absolute Gasteiger partial charge is 0.392 e. The van der Waals surface area contributed by atoms with Gasteiger partial charge >= 0.3 is 0 Å². The van der Waals surface area contributed by atoms with Crippen LogP contribution in [0.1, 0.15) is 107 Å². The highest BCUT2D eigenvalue weighted by Crippen LogP contribution is 2.74. The third-order valence-electron chi connectivity index (χ3n) is 12.2. The Hall–Kier alpha value is -0.710. The molecule has 0 radical (unpaired) electrons. The second-order valence-electron chi connectivity index (χ2n) is 14.6. The number of fused-ring (bicyclic) bond motifs is 5. The highest BCUT2D eigenvalue weighted by molar-refractivity contribution is 5.85. The number of allylic oxidation sites excluding steroid dienone is 1. The number of ketones is 1. The summed E-state index contributed by atoms with van der Waals surface area (Å²) in [5.74, 6) is 1.28. The minimum absolute atomic E-state index is 0.00216. The molecule has 0 amide bonds. The van der Waals surface area contributed by atoms with E-state index in [0.29, 0.717) is 24.0 Å². The van der Waals surface area contributed by atoms with Crippen molar-refractivity contribution < 1.29 is 19.7 Å². The average Bonchev–Trinajstić information content (AvgIpc) is 3.23. The van der Waals surface area contributed by atoms with E-state index in [1.165, 1.54) is 11.1 Å². The molecule has 1 heterocycles. The van der Waals surface area contributed by atoms with Gasteiger partial charge in [-0.2, -0.15) is 0 Å². The number of hydrogen-bond acceptors (Lipinski definition) is 4. The second kappa shape index (κ2) is 7.42. The van der Waals surface area contributed by atoms with Gasteiger partial charge in [-0.3, -0.25) is 4.79 Å². The zero-order chi connectivity index (χ0) is 25.1. The number of ether oxygens (including phenoxy) is 1. The first kappa shape index (κ1) is 25.0. The lowest BCUT2D eigenvalue weighted by molar-refractivity contribution is -0.208. The molecule has 3 saturated carbocycles. The number of Topliss-reactive ketones (excluding diaryl/α,β-unsaturated/α-hetero) is 1. The Morgan fingerprint density at radius 1 is 1.03 bits per heavy atom. The number of aliphatic hydroxyl groups is 2. The van der Waals surface area contributed by atoms with Gasteiger partial charge in [-0.05, 0) is 92.8 Å². The summed E-state index contributed by atoms with van der Waals surface area (Å²) < 4.78 is 5.72. The van der Waals surface area contributed by atoms with Crippen molar-refractivity contribution >= 4 is 5.78 Å². The second-order valence-corrected chi connectivity index (χ2v) is 14.6. The molecule has 0 bridgehead atoms. The maximum Gasteiger partial charge on any atom is 0.138 e. The molecule has 0 aromatic heterocycles. The summed E-state index contributed by atoms with van der Waals surface area (Å²) >= 11 is 0. The van der Waals surface area contributed by atoms with Crippen molar-refractivity contribution in [3.8, 4) is 0 Å². The van der Waals surface area contributed by atoms with E-state index in [4.69, 9.17) is 4.74 Å². The molecule has 5 rings (SSSR count). The monoisotopic (exact) mass is 472 g/mol. The molecule has 192 valence electrons. The van der Waals surface area contributed by atoms with E-state index in [1.54, 1.807) is 0 Å². The number of hydrogen-bond donors (Lipinski definition) is 2. The van der Waals surface area contributed by atoms with Gasteiger partial charge in [-0.1, -0.05) is 52.7 Å². The van der Waals surface area contributed by atoms with Crippen molar-refractivity contribution in [1.82, 2.24) is 0 Å². The van der Waals surface area contributed by atoms with Gasteiger partial charge in [0.15, 0.2) is 0 Å². The molecule has 0 aromatic carbocycles. The van der Waals surface area contributed by atoms with Crippen LogP contribution in [0.15, 0.2) is 11.1 Å². The van der Waals surface area contributed by atoms with E-state index < -0.39 is 6.10 Å². The Kier molecular flexibility index (Phi) is 5.44. The number of rotatable bonds is 4. The lowest BCUT2D eigenvalue weighted by atomic mass is 9.36. The number of carbonyl (C=O) groups excluding carboxylic acids is 1. The van der Waals surface area contributed by atoms with Crippen molar-refractivity contribution in [3.05, 3.63) is 11.1 Å². The molecule has 34 heavy (non-hydrogen) atoms. The van der Waals surface area contributed by atoms with Gasteiger partial charge in [0.05, 0.1) is 17.8 Å². The van der Waals surface area contributed by atoms with Gasteiger partial charge in [0.2, 0.25) is 0 Å². The molecule has 1 aliphatic heterocycles. The molecule has 4 aliphatic carbocycles. The molecule has 9 atom stereocenters. The molecule has 4 nitrogen and oxygen atoms in total. The van der Waals surface area contributed by atoms with Crippen LogP contribution in [0.2, 0.25) is 0 Å². The van der Waals surface area contributed by atoms with Gasteiger partial charge in [-0.25, -0.2) is 0 Å². The van der Waals surface area contributed by atoms with E-state index in [1.807, 2.05) is 0 Å². The summed E-state index contributed by atoms with van der Waals surface area (Å²) in [5.41, 5.74) is 2.59. The molecule has 0 spiro atoms. The van der Waals surface area contributed by atoms with E-state index in [-0.39, 0.29) is 45.4 Å². The Bertz CT molecular complexity index is 917. The molecule has 4 fully saturated rings. The lowest BCUT2D eigenvalue weighted by Gasteiger charge is -2.69. The summed E-state index contributed by atoms with van der Waals surface area (Å²) in [6.45, 7) is 18.0. The van der Waals surface area contributed by atoms with E-state index in [0.717, 1.165) is 44.9 Å². The molecule has 5 aliphatic rings. The number of carbonyl (C=O) groups is 1. The molecule has 1 saturated heterocycles. The normalized spacial score (nSPS) is 48.6. The molecule has 0 aromatic rings. The Balaban J connectivity index is 1.47. The van der Waals surface area contributed by atoms with Crippen LogP contribution in [0.4, 0.5) is 0 Å². The van der Waals surface area contributed by atoms with Crippen LogP contribution in [-0.2, 0) is 9.53 Å². The molecular formula is C30H48O4. The standard InChI is InChI=1S/C30H48O4/c1-17(15-21(32)25-27(4,5)34-25)18-9-13-29(7)19(18)16-20(31)24-28(6)12-11-23(33)26(2,3)22(28)10-14-30(24,29)8/h17,20-22,24-25,31-32H,9-16H2,1-8H3/t17-,20+,21-,22+,24+,25-,28+,29+,30+/m1/s1. The van der Waals surface area contributed by atoms with Crippen LogP contribution in [0.25, 0.3) is 0 Å². The first-order valence-corrected chi connectivity index (χ1v) is 13.9. The van der Waals surface area contributed by atoms with Crippen LogP contribution in [0, 0.1) is 39.4 Å². The maximum absolute atomic E-state index is 12.9. The van der Waals surface area contributed by atoms with Crippen molar-refractivity contribution in [2.45, 2.75) is 131 Å². The summed E-state index contributed by atoms with van der Waals surface area (Å²) in [6, 6.07) is 0. The summed E-state index contributed by atoms with van der Waals surface area (Å²) in [5, 5.41) is 22.6. The van der Waals surface area contributed by atoms with E-state index in [2.05, 4.69) is 55.4 Å². The van der Waals surface area contributed by atoms with Crippen LogP contribution in [0.3, 0.4) is 0 Å². The van der Waals surface area contributed by atoms with Crippen molar-refractivity contribution in [1.29, 1.82) is 0 Å². The van der Waals surface area contributed by atoms with Crippen LogP contribution in [0.5, 0.6) is 0 Å². The number of aliphatic hydroxyl groups excluding tert-OH is 2. The summed E-state index contributed by atoms with van der Waals surface area (Å²) in [7, 11) is 0. The lowest BCUT2D eigenvalue weighted by Crippen LogP contribution is -2.65. The van der Waals surface area contributed by atoms with Crippen LogP contribution < -0.4 is 0 Å². The summed E-state index contributed by atoms with van der Waals surface area (Å²) in [6.07, 6.45) is 6.59. The fourth-order valence-electron chi connectivity index (χ4n) is 10.1. The zero-order valence-corrected chi connectivity index (χ0v) is 22.8. The first-order chi connectivity index (χ1) is 15.6. The molecule has 0 unspecified atom stereocenters. The third kappa shape index (κ3) is 3.16. The minimum Gasteiger partial charge on any atom is -0.392 e. The van der Waals surface area contributed by atoms with Crippen molar-refractivity contribution in [2.24, 2.45) is 39.4 Å². The van der Waals surface area contributed by atoms with Gasteiger partial charge in [0.1, 0.15) is 11.9 Å². The highest BCUT2D eigenvalue weighted by Gasteiger charge is 2.69. The Morgan fingerprint density at radius 3 is 2.29 bits per heavy atom. The van der Waals surface area contributed by atoms with Crippen LogP contribution >= 0.6 is 0 Å². The molecule has 2 N–H and O–H groups in total. The smallest absolute Gasteiger partial charge is 0.138 e. The van der Waals surface area contributed by atoms with Crippen molar-refractivity contribution in [3.63, 3.8) is 0 Å². The predicted octanol–water partition coefficient (Wildman–Crippen LogP) is 5.84. The van der Waals surface area contributed by atoms with Gasteiger partial charge in [0.25, 0.3) is 0 Å². The van der Waals surface area contributed by atoms with E-state index >= 15 is 0 Å². The molecular weight excluding hydrogens is 424 g/mol. The Labute approximate surface area is 206 Å². The van der Waals surface area contributed by atoms with Gasteiger partial charge < -0.3 is 14.9 Å². The quantitative estimate of drug-likeness (QED) is 0.398. The summed E-state index contributed by atoms with van der Waals surface area (Å²) in [4.78, 5) is 12.9. The fourth-order valence-corrected chi connectivity index (χ4v) is 10.1. The van der Waals surface area contributed by atoms with Gasteiger partial charge in [-0.15, -0.1) is 0 Å². The van der Waals surface area contributed by atoms with Crippen molar-refractivity contribution in [2.75, 3.05) is 0 Å². The maximum atomic E-state index is 12.9. The third-order valence-corrected chi connectivity index (χ3v) is 12.2. The zero-order valence-electron chi connectivity index (χ0n) is 22.8. The Morgan fingerprint density at radius 2 is 1.68 bits per heavy atom.